The average Bonchev–Trinajstić information content (AvgIpc) is 1.88. The predicted octanol–water partition coefficient (Wildman–Crippen LogP) is 1.00. The normalized spacial score (nSPS) is 33.7. The quantitative estimate of drug-likeness (QED) is 0.622. The van der Waals surface area contributed by atoms with Gasteiger partial charge in [-0.1, -0.05) is 6.42 Å². The van der Waals surface area contributed by atoms with E-state index >= 15 is 0 Å². The van der Waals surface area contributed by atoms with Crippen molar-refractivity contribution in [1.82, 2.24) is 0 Å². The molecule has 0 bridgehead atoms. The molecule has 0 saturated heterocycles. The summed E-state index contributed by atoms with van der Waals surface area (Å²) in [5.41, 5.74) is 5.73. The van der Waals surface area contributed by atoms with Crippen LogP contribution < -0.4 is 5.73 Å². The van der Waals surface area contributed by atoms with Gasteiger partial charge in [0.15, 0.2) is 6.29 Å². The zero-order valence-electron chi connectivity index (χ0n) is 6.18. The molecule has 2 unspecified atom stereocenters. The van der Waals surface area contributed by atoms with Gasteiger partial charge in [0, 0.05) is 12.5 Å². The van der Waals surface area contributed by atoms with Crippen LogP contribution in [-0.4, -0.2) is 12.3 Å². The van der Waals surface area contributed by atoms with Crippen LogP contribution in [0.4, 0.5) is 0 Å². The van der Waals surface area contributed by atoms with Crippen molar-refractivity contribution in [1.29, 1.82) is 0 Å². The molecule has 0 aromatic carbocycles. The van der Waals surface area contributed by atoms with Crippen LogP contribution in [0.5, 0.6) is 0 Å². The maximum absolute atomic E-state index is 10.0. The summed E-state index contributed by atoms with van der Waals surface area (Å²) in [6.45, 7) is 0. The first kappa shape index (κ1) is 7.73. The van der Waals surface area contributed by atoms with Gasteiger partial charge in [0.05, 0.1) is 0 Å². The third kappa shape index (κ3) is 2.10. The Labute approximate surface area is 61.8 Å². The van der Waals surface area contributed by atoms with E-state index in [2.05, 4.69) is 0 Å². The van der Waals surface area contributed by atoms with Crippen molar-refractivity contribution in [3.8, 4) is 0 Å². The molecule has 1 radical (unpaired) electrons. The van der Waals surface area contributed by atoms with Gasteiger partial charge in [0.2, 0.25) is 0 Å². The molecule has 2 N–H and O–H groups in total. The largest absolute Gasteiger partial charge is 0.328 e. The Balaban J connectivity index is 2.24. The van der Waals surface area contributed by atoms with Crippen molar-refractivity contribution in [2.24, 2.45) is 11.7 Å². The van der Waals surface area contributed by atoms with Crippen molar-refractivity contribution < 1.29 is 4.79 Å². The first-order valence-electron chi connectivity index (χ1n) is 3.93. The molecular weight excluding hydrogens is 126 g/mol. The van der Waals surface area contributed by atoms with Crippen LogP contribution in [0.1, 0.15) is 32.1 Å². The topological polar surface area (TPSA) is 43.1 Å². The number of carbonyl (C=O) groups excluding carboxylic acids is 1. The number of nitrogens with two attached hydrogens (primary N) is 1. The Morgan fingerprint density at radius 1 is 1.50 bits per heavy atom. The van der Waals surface area contributed by atoms with Crippen LogP contribution in [0.25, 0.3) is 0 Å². The highest BCUT2D eigenvalue weighted by Crippen LogP contribution is 2.24. The minimum atomic E-state index is 0.340. The lowest BCUT2D eigenvalue weighted by molar-refractivity contribution is 0.327. The van der Waals surface area contributed by atoms with Crippen LogP contribution >= 0.6 is 0 Å². The molecule has 0 heterocycles. The highest BCUT2D eigenvalue weighted by atomic mass is 16.1. The van der Waals surface area contributed by atoms with E-state index in [1.165, 1.54) is 12.8 Å². The predicted molar refractivity (Wildman–Crippen MR) is 40.2 cm³/mol. The van der Waals surface area contributed by atoms with Crippen molar-refractivity contribution in [3.05, 3.63) is 0 Å². The maximum Gasteiger partial charge on any atom is 0.198 e. The summed E-state index contributed by atoms with van der Waals surface area (Å²) in [6.07, 6.45) is 7.06. The Morgan fingerprint density at radius 3 is 2.90 bits per heavy atom. The highest BCUT2D eigenvalue weighted by Gasteiger charge is 2.18. The summed E-state index contributed by atoms with van der Waals surface area (Å²) in [5.74, 6) is 0.529. The summed E-state index contributed by atoms with van der Waals surface area (Å²) in [6, 6.07) is 0.340. The molecule has 1 fully saturated rings. The van der Waals surface area contributed by atoms with Crippen LogP contribution in [0, 0.1) is 5.92 Å². The molecule has 0 aromatic heterocycles. The monoisotopic (exact) mass is 140 g/mol. The molecule has 57 valence electrons. The van der Waals surface area contributed by atoms with Gasteiger partial charge in [-0.3, -0.25) is 4.79 Å². The molecule has 10 heavy (non-hydrogen) atoms. The molecule has 2 heteroatoms. The van der Waals surface area contributed by atoms with Gasteiger partial charge < -0.3 is 5.73 Å². The van der Waals surface area contributed by atoms with Crippen LogP contribution in [0.2, 0.25) is 0 Å². The lowest BCUT2D eigenvalue weighted by Crippen LogP contribution is -2.27. The van der Waals surface area contributed by atoms with Crippen molar-refractivity contribution in [2.45, 2.75) is 38.1 Å². The molecule has 0 amide bonds. The minimum Gasteiger partial charge on any atom is -0.328 e. The Hall–Kier alpha value is -0.370. The molecule has 1 saturated carbocycles. The Bertz CT molecular complexity index is 114. The van der Waals surface area contributed by atoms with Crippen molar-refractivity contribution in [2.75, 3.05) is 0 Å². The van der Waals surface area contributed by atoms with Gasteiger partial charge in [-0.15, -0.1) is 0 Å². The van der Waals surface area contributed by atoms with E-state index in [1.54, 1.807) is 0 Å². The summed E-state index contributed by atoms with van der Waals surface area (Å²) < 4.78 is 0. The number of hydrogen-bond donors (Lipinski definition) is 1. The van der Waals surface area contributed by atoms with E-state index in [9.17, 15) is 4.79 Å². The summed E-state index contributed by atoms with van der Waals surface area (Å²) in [7, 11) is 0. The van der Waals surface area contributed by atoms with Gasteiger partial charge in [-0.05, 0) is 25.2 Å². The lowest BCUT2D eigenvalue weighted by atomic mass is 9.85. The summed E-state index contributed by atoms with van der Waals surface area (Å²) in [4.78, 5) is 10.0. The first-order chi connectivity index (χ1) is 4.83. The molecular formula is C8H14NO. The molecule has 1 aliphatic carbocycles. The standard InChI is InChI=1S/C8H14NO/c9-8-3-1-2-7(6-8)4-5-10/h7-8H,1-4,6,9H2. The number of hydrogen-bond acceptors (Lipinski definition) is 2. The summed E-state index contributed by atoms with van der Waals surface area (Å²) >= 11 is 0. The van der Waals surface area contributed by atoms with E-state index < -0.39 is 0 Å². The summed E-state index contributed by atoms with van der Waals surface area (Å²) in [5, 5.41) is 0. The molecule has 0 aliphatic heterocycles. The molecule has 2 atom stereocenters. The van der Waals surface area contributed by atoms with E-state index in [4.69, 9.17) is 5.73 Å². The Morgan fingerprint density at radius 2 is 2.30 bits per heavy atom. The Kier molecular flexibility index (Phi) is 2.87. The fourth-order valence-electron chi connectivity index (χ4n) is 1.64. The average molecular weight is 140 g/mol. The van der Waals surface area contributed by atoms with Gasteiger partial charge in [0.25, 0.3) is 0 Å². The fraction of sp³-hybridized carbons (Fsp3) is 0.875. The molecule has 2 nitrogen and oxygen atoms in total. The first-order valence-corrected chi connectivity index (χ1v) is 3.93. The van der Waals surface area contributed by atoms with Gasteiger partial charge in [0.1, 0.15) is 0 Å². The van der Waals surface area contributed by atoms with Gasteiger partial charge in [-0.2, -0.15) is 0 Å². The van der Waals surface area contributed by atoms with E-state index in [-0.39, 0.29) is 0 Å². The van der Waals surface area contributed by atoms with E-state index in [0.29, 0.717) is 18.4 Å². The zero-order chi connectivity index (χ0) is 7.40. The van der Waals surface area contributed by atoms with Crippen LogP contribution in [0.15, 0.2) is 0 Å². The van der Waals surface area contributed by atoms with E-state index in [1.807, 2.05) is 6.29 Å². The van der Waals surface area contributed by atoms with Crippen LogP contribution in [0.3, 0.4) is 0 Å². The SMILES string of the molecule is NC1CCCC(C[C]=O)C1. The third-order valence-electron chi connectivity index (χ3n) is 2.20. The highest BCUT2D eigenvalue weighted by molar-refractivity contribution is 5.50. The lowest BCUT2D eigenvalue weighted by Gasteiger charge is -2.24. The molecule has 1 aliphatic rings. The van der Waals surface area contributed by atoms with Crippen molar-refractivity contribution >= 4 is 6.29 Å². The third-order valence-corrected chi connectivity index (χ3v) is 2.20. The molecule has 0 aromatic rings. The second-order valence-corrected chi connectivity index (χ2v) is 3.14. The molecule has 0 spiro atoms. The van der Waals surface area contributed by atoms with Gasteiger partial charge in [-0.25, -0.2) is 0 Å². The zero-order valence-corrected chi connectivity index (χ0v) is 6.18. The van der Waals surface area contributed by atoms with E-state index in [0.717, 1.165) is 12.8 Å². The second kappa shape index (κ2) is 3.71. The number of rotatable bonds is 2. The minimum absolute atomic E-state index is 0.340. The van der Waals surface area contributed by atoms with Gasteiger partial charge >= 0.3 is 0 Å². The van der Waals surface area contributed by atoms with Crippen molar-refractivity contribution in [3.63, 3.8) is 0 Å². The maximum atomic E-state index is 10.0. The smallest absolute Gasteiger partial charge is 0.198 e. The second-order valence-electron chi connectivity index (χ2n) is 3.14. The fourth-order valence-corrected chi connectivity index (χ4v) is 1.64. The van der Waals surface area contributed by atoms with Crippen LogP contribution in [-0.2, 0) is 4.79 Å². The molecule has 1 rings (SSSR count).